The summed E-state index contributed by atoms with van der Waals surface area (Å²) in [6, 6.07) is 0. The number of carbonyl (C=O) groups excluding carboxylic acids is 1. The number of rotatable bonds is 7. The van der Waals surface area contributed by atoms with Crippen molar-refractivity contribution >= 4 is 17.7 Å². The van der Waals surface area contributed by atoms with Crippen molar-refractivity contribution in [1.82, 2.24) is 5.32 Å². The first kappa shape index (κ1) is 15.8. The Morgan fingerprint density at radius 3 is 2.72 bits per heavy atom. The third kappa shape index (κ3) is 5.16. The van der Waals surface area contributed by atoms with E-state index in [0.29, 0.717) is 26.0 Å². The summed E-state index contributed by atoms with van der Waals surface area (Å²) in [5, 5.41) is 13.7. The Labute approximate surface area is 114 Å². The lowest BCUT2D eigenvalue weighted by Gasteiger charge is -2.35. The summed E-state index contributed by atoms with van der Waals surface area (Å²) in [6.07, 6.45) is 4.91. The van der Waals surface area contributed by atoms with Crippen LogP contribution in [0.1, 0.15) is 32.6 Å². The highest BCUT2D eigenvalue weighted by molar-refractivity contribution is 7.98. The molecule has 0 heterocycles. The molecule has 1 aliphatic carbocycles. The second kappa shape index (κ2) is 8.02. The van der Waals surface area contributed by atoms with E-state index in [9.17, 15) is 9.90 Å². The molecule has 106 valence electrons. The van der Waals surface area contributed by atoms with Gasteiger partial charge in [0.05, 0.1) is 18.1 Å². The van der Waals surface area contributed by atoms with Gasteiger partial charge in [-0.1, -0.05) is 0 Å². The van der Waals surface area contributed by atoms with Gasteiger partial charge in [-0.3, -0.25) is 4.79 Å². The van der Waals surface area contributed by atoms with Crippen LogP contribution in [0.5, 0.6) is 0 Å². The fourth-order valence-corrected chi connectivity index (χ4v) is 2.67. The van der Waals surface area contributed by atoms with Crippen LogP contribution in [0.4, 0.5) is 0 Å². The third-order valence-corrected chi connectivity index (χ3v) is 4.09. The Kier molecular flexibility index (Phi) is 7.04. The number of hydrogen-bond acceptors (Lipinski definition) is 5. The minimum absolute atomic E-state index is 0.0172. The maximum absolute atomic E-state index is 11.6. The molecule has 5 heteroatoms. The molecule has 0 aromatic rings. The van der Waals surface area contributed by atoms with E-state index >= 15 is 0 Å². The third-order valence-electron chi connectivity index (χ3n) is 3.47. The zero-order chi connectivity index (χ0) is 13.4. The molecule has 18 heavy (non-hydrogen) atoms. The highest BCUT2D eigenvalue weighted by Crippen LogP contribution is 2.32. The quantitative estimate of drug-likeness (QED) is 0.544. The molecular formula is C13H25NO3S. The number of nitrogens with one attached hydrogen (secondary N) is 1. The predicted octanol–water partition coefficient (Wildman–Crippen LogP) is 1.42. The maximum Gasteiger partial charge on any atom is 0.308 e. The zero-order valence-electron chi connectivity index (χ0n) is 11.4. The lowest BCUT2D eigenvalue weighted by Crippen LogP contribution is -2.45. The summed E-state index contributed by atoms with van der Waals surface area (Å²) in [5.74, 6) is 0.938. The zero-order valence-corrected chi connectivity index (χ0v) is 12.2. The molecule has 1 aliphatic rings. The van der Waals surface area contributed by atoms with Crippen molar-refractivity contribution in [2.45, 2.75) is 38.2 Å². The van der Waals surface area contributed by atoms with Gasteiger partial charge in [-0.2, -0.15) is 11.8 Å². The number of ether oxygens (including phenoxy) is 1. The Morgan fingerprint density at radius 1 is 1.50 bits per heavy atom. The summed E-state index contributed by atoms with van der Waals surface area (Å²) >= 11 is 1.79. The minimum atomic E-state index is -0.637. The van der Waals surface area contributed by atoms with Crippen LogP contribution in [0.2, 0.25) is 0 Å². The number of thioether (sulfide) groups is 1. The Morgan fingerprint density at radius 2 is 2.17 bits per heavy atom. The Hall–Kier alpha value is -0.260. The summed E-state index contributed by atoms with van der Waals surface area (Å²) in [5.41, 5.74) is -0.637. The average molecular weight is 275 g/mol. The molecule has 0 saturated heterocycles. The van der Waals surface area contributed by atoms with Gasteiger partial charge < -0.3 is 15.2 Å². The first-order chi connectivity index (χ1) is 8.61. The van der Waals surface area contributed by atoms with Crippen molar-refractivity contribution in [2.24, 2.45) is 5.92 Å². The van der Waals surface area contributed by atoms with E-state index in [1.807, 2.05) is 6.92 Å². The van der Waals surface area contributed by atoms with Crippen molar-refractivity contribution < 1.29 is 14.6 Å². The number of carbonyl (C=O) groups is 1. The first-order valence-corrected chi connectivity index (χ1v) is 8.09. The molecule has 2 N–H and O–H groups in total. The van der Waals surface area contributed by atoms with Gasteiger partial charge in [0.2, 0.25) is 0 Å². The SMILES string of the molecule is CCOC(=O)C1CCC(O)(CNCCSC)CC1. The van der Waals surface area contributed by atoms with E-state index < -0.39 is 5.60 Å². The van der Waals surface area contributed by atoms with E-state index in [2.05, 4.69) is 11.6 Å². The van der Waals surface area contributed by atoms with E-state index in [4.69, 9.17) is 4.74 Å². The lowest BCUT2D eigenvalue weighted by molar-refractivity contribution is -0.151. The van der Waals surface area contributed by atoms with Crippen LogP contribution in [0.15, 0.2) is 0 Å². The van der Waals surface area contributed by atoms with E-state index in [1.54, 1.807) is 11.8 Å². The molecule has 1 fully saturated rings. The number of hydrogen-bond donors (Lipinski definition) is 2. The van der Waals surface area contributed by atoms with Gasteiger partial charge in [0.15, 0.2) is 0 Å². The smallest absolute Gasteiger partial charge is 0.308 e. The standard InChI is InChI=1S/C13H25NO3S/c1-3-17-12(15)11-4-6-13(16,7-5-11)10-14-8-9-18-2/h11,14,16H,3-10H2,1-2H3. The summed E-state index contributed by atoms with van der Waals surface area (Å²) in [4.78, 5) is 11.6. The minimum Gasteiger partial charge on any atom is -0.466 e. The molecule has 0 aliphatic heterocycles. The van der Waals surface area contributed by atoms with Gasteiger partial charge in [0, 0.05) is 18.8 Å². The molecule has 0 atom stereocenters. The molecule has 0 spiro atoms. The van der Waals surface area contributed by atoms with Crippen LogP contribution in [-0.4, -0.2) is 48.4 Å². The van der Waals surface area contributed by atoms with Crippen molar-refractivity contribution in [1.29, 1.82) is 0 Å². The second-order valence-corrected chi connectivity index (χ2v) is 5.91. The molecule has 0 bridgehead atoms. The molecule has 0 unspecified atom stereocenters. The second-order valence-electron chi connectivity index (χ2n) is 4.92. The largest absolute Gasteiger partial charge is 0.466 e. The lowest BCUT2D eigenvalue weighted by atomic mass is 9.79. The van der Waals surface area contributed by atoms with E-state index in [1.165, 1.54) is 0 Å². The highest BCUT2D eigenvalue weighted by Gasteiger charge is 2.35. The van der Waals surface area contributed by atoms with E-state index in [0.717, 1.165) is 25.1 Å². The monoisotopic (exact) mass is 275 g/mol. The summed E-state index contributed by atoms with van der Waals surface area (Å²) in [6.45, 7) is 3.82. The van der Waals surface area contributed by atoms with Crippen molar-refractivity contribution in [3.05, 3.63) is 0 Å². The van der Waals surface area contributed by atoms with Crippen LogP contribution in [0.25, 0.3) is 0 Å². The number of aliphatic hydroxyl groups is 1. The van der Waals surface area contributed by atoms with Crippen LogP contribution < -0.4 is 5.32 Å². The Bertz CT molecular complexity index is 253. The first-order valence-electron chi connectivity index (χ1n) is 6.70. The number of esters is 1. The molecule has 0 amide bonds. The predicted molar refractivity (Wildman–Crippen MR) is 74.8 cm³/mol. The summed E-state index contributed by atoms with van der Waals surface area (Å²) in [7, 11) is 0. The fraction of sp³-hybridized carbons (Fsp3) is 0.923. The molecule has 0 aromatic heterocycles. The maximum atomic E-state index is 11.6. The van der Waals surface area contributed by atoms with Gasteiger partial charge in [0.25, 0.3) is 0 Å². The average Bonchev–Trinajstić information content (AvgIpc) is 2.36. The van der Waals surface area contributed by atoms with Crippen molar-refractivity contribution in [3.8, 4) is 0 Å². The fourth-order valence-electron chi connectivity index (χ4n) is 2.32. The molecule has 0 aromatic carbocycles. The van der Waals surface area contributed by atoms with Crippen LogP contribution in [-0.2, 0) is 9.53 Å². The Balaban J connectivity index is 2.26. The van der Waals surface area contributed by atoms with Gasteiger partial charge in [-0.15, -0.1) is 0 Å². The van der Waals surface area contributed by atoms with Crippen LogP contribution >= 0.6 is 11.8 Å². The van der Waals surface area contributed by atoms with Gasteiger partial charge in [-0.25, -0.2) is 0 Å². The van der Waals surface area contributed by atoms with Crippen molar-refractivity contribution in [3.63, 3.8) is 0 Å². The normalized spacial score (nSPS) is 28.1. The van der Waals surface area contributed by atoms with Crippen LogP contribution in [0, 0.1) is 5.92 Å². The van der Waals surface area contributed by atoms with Gasteiger partial charge in [0.1, 0.15) is 0 Å². The van der Waals surface area contributed by atoms with Crippen LogP contribution in [0.3, 0.4) is 0 Å². The molecular weight excluding hydrogens is 250 g/mol. The molecule has 1 saturated carbocycles. The molecule has 1 rings (SSSR count). The van der Waals surface area contributed by atoms with E-state index in [-0.39, 0.29) is 11.9 Å². The molecule has 0 radical (unpaired) electrons. The van der Waals surface area contributed by atoms with Gasteiger partial charge >= 0.3 is 5.97 Å². The molecule has 4 nitrogen and oxygen atoms in total. The van der Waals surface area contributed by atoms with Crippen molar-refractivity contribution in [2.75, 3.05) is 31.7 Å². The topological polar surface area (TPSA) is 58.6 Å². The van der Waals surface area contributed by atoms with Gasteiger partial charge in [-0.05, 0) is 38.9 Å². The highest BCUT2D eigenvalue weighted by atomic mass is 32.2. The summed E-state index contributed by atoms with van der Waals surface area (Å²) < 4.78 is 5.02.